The molecule has 2 N–H and O–H groups in total. The molecule has 1 aromatic rings. The molecular weight excluding hydrogens is 292 g/mol. The molecule has 22 heavy (non-hydrogen) atoms. The average molecular weight is 317 g/mol. The molecule has 0 unspecified atom stereocenters. The van der Waals surface area contributed by atoms with E-state index < -0.39 is 6.55 Å². The number of imidazole rings is 1. The molecule has 0 spiro atoms. The second kappa shape index (κ2) is 10.1. The van der Waals surface area contributed by atoms with Crippen LogP contribution in [0.3, 0.4) is 0 Å². The zero-order valence-corrected chi connectivity index (χ0v) is 13.4. The lowest BCUT2D eigenvalue weighted by molar-refractivity contribution is 0.0668. The molecule has 0 bridgehead atoms. The lowest BCUT2D eigenvalue weighted by Gasteiger charge is -2.13. The number of guanidine groups is 1. The predicted octanol–water partition coefficient (Wildman–Crippen LogP) is 2.01. The van der Waals surface area contributed by atoms with Crippen molar-refractivity contribution < 1.29 is 13.5 Å². The molecule has 0 aliphatic heterocycles. The summed E-state index contributed by atoms with van der Waals surface area (Å²) in [5, 5.41) is 6.00. The number of alkyl halides is 2. The molecule has 126 valence electrons. The molecule has 0 atom stereocenters. The molecule has 0 aliphatic rings. The minimum atomic E-state index is -2.59. The van der Waals surface area contributed by atoms with Crippen molar-refractivity contribution in [3.63, 3.8) is 0 Å². The number of nitrogens with zero attached hydrogens (tertiary/aromatic N) is 3. The van der Waals surface area contributed by atoms with Gasteiger partial charge in [0.15, 0.2) is 5.96 Å². The number of halogens is 2. The van der Waals surface area contributed by atoms with E-state index in [4.69, 9.17) is 4.74 Å². The number of aliphatic imine (C=N–C) groups is 1. The van der Waals surface area contributed by atoms with Crippen LogP contribution in [0.15, 0.2) is 17.4 Å². The number of rotatable bonds is 9. The van der Waals surface area contributed by atoms with Gasteiger partial charge >= 0.3 is 6.55 Å². The van der Waals surface area contributed by atoms with Crippen molar-refractivity contribution in [2.45, 2.75) is 33.4 Å². The van der Waals surface area contributed by atoms with E-state index in [1.165, 1.54) is 12.4 Å². The Morgan fingerprint density at radius 2 is 2.14 bits per heavy atom. The Morgan fingerprint density at radius 3 is 2.77 bits per heavy atom. The van der Waals surface area contributed by atoms with Gasteiger partial charge in [0, 0.05) is 32.6 Å². The second-order valence-corrected chi connectivity index (χ2v) is 5.18. The molecule has 1 rings (SSSR count). The van der Waals surface area contributed by atoms with Crippen molar-refractivity contribution in [2.75, 3.05) is 26.8 Å². The fourth-order valence-corrected chi connectivity index (χ4v) is 1.70. The number of nitrogens with one attached hydrogen (secondary N) is 2. The standard InChI is InChI=1S/C14H25F2N5O/c1-11(2)4-8-22-9-6-19-14(17-3)20-10-12-18-5-7-21(12)13(15)16/h5,7,11,13H,4,6,8-10H2,1-3H3,(H2,17,19,20). The molecule has 0 saturated carbocycles. The first-order valence-corrected chi connectivity index (χ1v) is 7.36. The van der Waals surface area contributed by atoms with Crippen LogP contribution in [-0.4, -0.2) is 42.3 Å². The van der Waals surface area contributed by atoms with E-state index in [0.717, 1.165) is 17.6 Å². The summed E-state index contributed by atoms with van der Waals surface area (Å²) in [4.78, 5) is 7.92. The van der Waals surface area contributed by atoms with Gasteiger partial charge in [0.25, 0.3) is 0 Å². The molecule has 6 nitrogen and oxygen atoms in total. The van der Waals surface area contributed by atoms with Gasteiger partial charge in [0.2, 0.25) is 0 Å². The quantitative estimate of drug-likeness (QED) is 0.415. The first kappa shape index (κ1) is 18.3. The Morgan fingerprint density at radius 1 is 1.36 bits per heavy atom. The van der Waals surface area contributed by atoms with Crippen LogP contribution >= 0.6 is 0 Å². The summed E-state index contributed by atoms with van der Waals surface area (Å²) in [5.74, 6) is 1.41. The van der Waals surface area contributed by atoms with Crippen molar-refractivity contribution in [3.05, 3.63) is 18.2 Å². The Bertz CT molecular complexity index is 448. The zero-order valence-electron chi connectivity index (χ0n) is 13.4. The summed E-state index contributed by atoms with van der Waals surface area (Å²) in [6.07, 6.45) is 3.63. The maximum atomic E-state index is 12.7. The van der Waals surface area contributed by atoms with E-state index in [1.54, 1.807) is 7.05 Å². The topological polar surface area (TPSA) is 63.5 Å². The lowest BCUT2D eigenvalue weighted by atomic mass is 10.1. The Balaban J connectivity index is 2.24. The van der Waals surface area contributed by atoms with Crippen LogP contribution in [0.25, 0.3) is 0 Å². The largest absolute Gasteiger partial charge is 0.380 e. The summed E-state index contributed by atoms with van der Waals surface area (Å²) in [7, 11) is 1.62. The van der Waals surface area contributed by atoms with E-state index >= 15 is 0 Å². The van der Waals surface area contributed by atoms with Gasteiger partial charge in [-0.25, -0.2) is 4.98 Å². The minimum absolute atomic E-state index is 0.172. The molecule has 0 amide bonds. The highest BCUT2D eigenvalue weighted by molar-refractivity contribution is 5.79. The number of aromatic nitrogens is 2. The fraction of sp³-hybridized carbons (Fsp3) is 0.714. The van der Waals surface area contributed by atoms with E-state index in [0.29, 0.717) is 25.0 Å². The maximum absolute atomic E-state index is 12.7. The highest BCUT2D eigenvalue weighted by atomic mass is 19.3. The Labute approximate surface area is 130 Å². The van der Waals surface area contributed by atoms with Gasteiger partial charge in [-0.15, -0.1) is 0 Å². The molecule has 8 heteroatoms. The fourth-order valence-electron chi connectivity index (χ4n) is 1.70. The molecule has 0 saturated heterocycles. The third kappa shape index (κ3) is 6.84. The summed E-state index contributed by atoms with van der Waals surface area (Å²) in [6.45, 7) is 3.78. The van der Waals surface area contributed by atoms with Crippen LogP contribution < -0.4 is 10.6 Å². The summed E-state index contributed by atoms with van der Waals surface area (Å²) in [6, 6.07) is 0. The van der Waals surface area contributed by atoms with Gasteiger partial charge in [-0.2, -0.15) is 8.78 Å². The molecule has 0 radical (unpaired) electrons. The van der Waals surface area contributed by atoms with Gasteiger partial charge in [0.1, 0.15) is 5.82 Å². The van der Waals surface area contributed by atoms with Crippen molar-refractivity contribution >= 4 is 5.96 Å². The van der Waals surface area contributed by atoms with Crippen LogP contribution in [0.2, 0.25) is 0 Å². The second-order valence-electron chi connectivity index (χ2n) is 5.18. The third-order valence-electron chi connectivity index (χ3n) is 2.98. The average Bonchev–Trinajstić information content (AvgIpc) is 2.94. The summed E-state index contributed by atoms with van der Waals surface area (Å²) in [5.41, 5.74) is 0. The highest BCUT2D eigenvalue weighted by Crippen LogP contribution is 2.11. The van der Waals surface area contributed by atoms with E-state index in [1.807, 2.05) is 0 Å². The summed E-state index contributed by atoms with van der Waals surface area (Å²) >= 11 is 0. The van der Waals surface area contributed by atoms with Crippen molar-refractivity contribution in [3.8, 4) is 0 Å². The van der Waals surface area contributed by atoms with Gasteiger partial charge in [-0.1, -0.05) is 13.8 Å². The molecule has 1 heterocycles. The van der Waals surface area contributed by atoms with E-state index in [-0.39, 0.29) is 12.4 Å². The van der Waals surface area contributed by atoms with Crippen molar-refractivity contribution in [1.82, 2.24) is 20.2 Å². The smallest absolute Gasteiger partial charge is 0.319 e. The van der Waals surface area contributed by atoms with E-state index in [9.17, 15) is 8.78 Å². The maximum Gasteiger partial charge on any atom is 0.319 e. The zero-order chi connectivity index (χ0) is 16.4. The van der Waals surface area contributed by atoms with Crippen LogP contribution in [0.1, 0.15) is 32.6 Å². The molecular formula is C14H25F2N5O. The van der Waals surface area contributed by atoms with Gasteiger partial charge < -0.3 is 15.4 Å². The number of hydrogen-bond donors (Lipinski definition) is 2. The van der Waals surface area contributed by atoms with E-state index in [2.05, 4.69) is 34.5 Å². The van der Waals surface area contributed by atoms with Gasteiger partial charge in [-0.3, -0.25) is 9.56 Å². The van der Waals surface area contributed by atoms with Gasteiger partial charge in [0.05, 0.1) is 13.2 Å². The normalized spacial score (nSPS) is 12.2. The lowest BCUT2D eigenvalue weighted by Crippen LogP contribution is -2.39. The predicted molar refractivity (Wildman–Crippen MR) is 82.0 cm³/mol. The Hall–Kier alpha value is -1.70. The number of ether oxygens (including phenoxy) is 1. The van der Waals surface area contributed by atoms with Crippen LogP contribution in [0.5, 0.6) is 0 Å². The van der Waals surface area contributed by atoms with Crippen molar-refractivity contribution in [1.29, 1.82) is 0 Å². The minimum Gasteiger partial charge on any atom is -0.380 e. The number of hydrogen-bond acceptors (Lipinski definition) is 3. The van der Waals surface area contributed by atoms with Crippen LogP contribution in [0, 0.1) is 5.92 Å². The SMILES string of the molecule is CN=C(NCCOCCC(C)C)NCc1nccn1C(F)F. The third-order valence-corrected chi connectivity index (χ3v) is 2.98. The Kier molecular flexibility index (Phi) is 8.42. The highest BCUT2D eigenvalue weighted by Gasteiger charge is 2.11. The first-order chi connectivity index (χ1) is 10.5. The van der Waals surface area contributed by atoms with Gasteiger partial charge in [-0.05, 0) is 12.3 Å². The molecule has 1 aromatic heterocycles. The first-order valence-electron chi connectivity index (χ1n) is 7.36. The van der Waals surface area contributed by atoms with Crippen molar-refractivity contribution in [2.24, 2.45) is 10.9 Å². The summed E-state index contributed by atoms with van der Waals surface area (Å²) < 4.78 is 31.6. The monoisotopic (exact) mass is 317 g/mol. The molecule has 0 aliphatic carbocycles. The van der Waals surface area contributed by atoms with Crippen LogP contribution in [0.4, 0.5) is 8.78 Å². The molecule has 0 fully saturated rings. The molecule has 0 aromatic carbocycles. The van der Waals surface area contributed by atoms with Crippen LogP contribution in [-0.2, 0) is 11.3 Å².